The summed E-state index contributed by atoms with van der Waals surface area (Å²) < 4.78 is 0. The molecule has 0 spiro atoms. The van der Waals surface area contributed by atoms with Gasteiger partial charge in [0.2, 0.25) is 5.91 Å². The molecule has 2 aromatic rings. The van der Waals surface area contributed by atoms with Crippen LogP contribution in [0.4, 0.5) is 0 Å². The largest absolute Gasteiger partial charge is 0.347 e. The van der Waals surface area contributed by atoms with Gasteiger partial charge in [0, 0.05) is 6.42 Å². The van der Waals surface area contributed by atoms with Gasteiger partial charge in [-0.1, -0.05) is 30.3 Å². The maximum Gasteiger partial charge on any atom is 0.220 e. The Morgan fingerprint density at radius 3 is 2.60 bits per heavy atom. The van der Waals surface area contributed by atoms with Crippen molar-refractivity contribution in [3.8, 4) is 0 Å². The molecule has 0 aliphatic heterocycles. The first-order valence-corrected chi connectivity index (χ1v) is 6.99. The third kappa shape index (κ3) is 3.44. The lowest BCUT2D eigenvalue weighted by molar-refractivity contribution is -0.122. The summed E-state index contributed by atoms with van der Waals surface area (Å²) >= 11 is 0. The van der Waals surface area contributed by atoms with Crippen LogP contribution in [0.15, 0.2) is 42.7 Å². The lowest BCUT2D eigenvalue weighted by Gasteiger charge is -2.18. The van der Waals surface area contributed by atoms with E-state index in [4.69, 9.17) is 0 Å². The molecule has 1 aliphatic carbocycles. The van der Waals surface area contributed by atoms with Crippen LogP contribution >= 0.6 is 0 Å². The number of nitrogens with zero attached hydrogens (tertiary/aromatic N) is 3. The average Bonchev–Trinajstić information content (AvgIpc) is 3.12. The van der Waals surface area contributed by atoms with Crippen molar-refractivity contribution in [1.82, 2.24) is 20.3 Å². The molecule has 1 aliphatic rings. The summed E-state index contributed by atoms with van der Waals surface area (Å²) in [5.41, 5.74) is 1.08. The first kappa shape index (κ1) is 12.8. The molecule has 1 N–H and O–H groups in total. The predicted molar refractivity (Wildman–Crippen MR) is 74.7 cm³/mol. The second-order valence-corrected chi connectivity index (χ2v) is 5.26. The Hall–Kier alpha value is -2.17. The monoisotopic (exact) mass is 270 g/mol. The van der Waals surface area contributed by atoms with Gasteiger partial charge < -0.3 is 5.32 Å². The zero-order chi connectivity index (χ0) is 13.8. The van der Waals surface area contributed by atoms with Gasteiger partial charge in [-0.2, -0.15) is 15.0 Å². The summed E-state index contributed by atoms with van der Waals surface area (Å²) in [6.07, 6.45) is 6.30. The zero-order valence-electron chi connectivity index (χ0n) is 11.3. The fraction of sp³-hybridized carbons (Fsp3) is 0.400. The highest BCUT2D eigenvalue weighted by atomic mass is 16.1. The number of rotatable bonds is 6. The van der Waals surface area contributed by atoms with Gasteiger partial charge in [-0.3, -0.25) is 4.79 Å². The molecule has 1 atom stereocenters. The minimum absolute atomic E-state index is 0.0881. The molecule has 20 heavy (non-hydrogen) atoms. The predicted octanol–water partition coefficient (Wildman–Crippen LogP) is 1.94. The minimum atomic E-state index is -0.0881. The lowest BCUT2D eigenvalue weighted by atomic mass is 10.1. The van der Waals surface area contributed by atoms with Gasteiger partial charge in [0.05, 0.1) is 25.0 Å². The fourth-order valence-electron chi connectivity index (χ4n) is 2.26. The standard InChI is InChI=1S/C15H18N4O/c20-15(10-12-6-7-12)18-14(11-19-16-8-9-17-19)13-4-2-1-3-5-13/h1-5,8-9,12,14H,6-7,10-11H2,(H,18,20). The molecule has 0 radical (unpaired) electrons. The molecule has 0 saturated heterocycles. The molecule has 1 amide bonds. The van der Waals surface area contributed by atoms with E-state index < -0.39 is 0 Å². The first-order chi connectivity index (χ1) is 9.81. The van der Waals surface area contributed by atoms with Crippen molar-refractivity contribution < 1.29 is 4.79 Å². The Kier molecular flexibility index (Phi) is 3.76. The van der Waals surface area contributed by atoms with E-state index in [0.717, 1.165) is 5.56 Å². The van der Waals surface area contributed by atoms with Gasteiger partial charge in [-0.25, -0.2) is 0 Å². The van der Waals surface area contributed by atoms with E-state index in [0.29, 0.717) is 18.9 Å². The molecule has 1 aromatic heterocycles. The van der Waals surface area contributed by atoms with Crippen molar-refractivity contribution >= 4 is 5.91 Å². The van der Waals surface area contributed by atoms with Crippen LogP contribution in [0.5, 0.6) is 0 Å². The van der Waals surface area contributed by atoms with Crippen molar-refractivity contribution in [2.45, 2.75) is 31.8 Å². The van der Waals surface area contributed by atoms with Gasteiger partial charge in [0.25, 0.3) is 0 Å². The Bertz CT molecular complexity index is 549. The lowest BCUT2D eigenvalue weighted by Crippen LogP contribution is -2.32. The van der Waals surface area contributed by atoms with Gasteiger partial charge in [-0.15, -0.1) is 0 Å². The number of benzene rings is 1. The second-order valence-electron chi connectivity index (χ2n) is 5.26. The van der Waals surface area contributed by atoms with Crippen molar-refractivity contribution in [3.63, 3.8) is 0 Å². The number of nitrogens with one attached hydrogen (secondary N) is 1. The summed E-state index contributed by atoms with van der Waals surface area (Å²) in [6.45, 7) is 0.549. The van der Waals surface area contributed by atoms with Crippen molar-refractivity contribution in [2.24, 2.45) is 5.92 Å². The third-order valence-corrected chi connectivity index (χ3v) is 3.52. The molecule has 104 valence electrons. The van der Waals surface area contributed by atoms with Crippen molar-refractivity contribution in [3.05, 3.63) is 48.3 Å². The molecule has 3 rings (SSSR count). The van der Waals surface area contributed by atoms with E-state index in [1.165, 1.54) is 12.8 Å². The number of carbonyl (C=O) groups excluding carboxylic acids is 1. The fourth-order valence-corrected chi connectivity index (χ4v) is 2.26. The third-order valence-electron chi connectivity index (χ3n) is 3.52. The highest BCUT2D eigenvalue weighted by Crippen LogP contribution is 2.32. The number of aromatic nitrogens is 3. The van der Waals surface area contributed by atoms with Crippen LogP contribution in [0, 0.1) is 5.92 Å². The van der Waals surface area contributed by atoms with E-state index in [9.17, 15) is 4.79 Å². The van der Waals surface area contributed by atoms with Gasteiger partial charge in [0.15, 0.2) is 0 Å². The number of hydrogen-bond acceptors (Lipinski definition) is 3. The van der Waals surface area contributed by atoms with Gasteiger partial charge in [0.1, 0.15) is 0 Å². The molecule has 1 heterocycles. The summed E-state index contributed by atoms with van der Waals surface area (Å²) in [5.74, 6) is 0.711. The molecular formula is C15H18N4O. The van der Waals surface area contributed by atoms with Crippen LogP contribution in [-0.2, 0) is 11.3 Å². The van der Waals surface area contributed by atoms with Gasteiger partial charge >= 0.3 is 0 Å². The molecule has 1 saturated carbocycles. The number of amides is 1. The van der Waals surface area contributed by atoms with E-state index in [2.05, 4.69) is 15.5 Å². The van der Waals surface area contributed by atoms with Crippen LogP contribution in [-0.4, -0.2) is 20.9 Å². The van der Waals surface area contributed by atoms with Crippen molar-refractivity contribution in [2.75, 3.05) is 0 Å². The molecule has 0 bridgehead atoms. The highest BCUT2D eigenvalue weighted by molar-refractivity contribution is 5.77. The Labute approximate surface area is 118 Å². The number of carbonyl (C=O) groups is 1. The Balaban J connectivity index is 1.70. The summed E-state index contributed by atoms with van der Waals surface area (Å²) in [4.78, 5) is 13.7. The maximum atomic E-state index is 12.0. The Morgan fingerprint density at radius 1 is 1.25 bits per heavy atom. The molecule has 5 nitrogen and oxygen atoms in total. The molecule has 1 aromatic carbocycles. The number of hydrogen-bond donors (Lipinski definition) is 1. The maximum absolute atomic E-state index is 12.0. The normalized spacial score (nSPS) is 15.8. The molecule has 5 heteroatoms. The zero-order valence-corrected chi connectivity index (χ0v) is 11.3. The first-order valence-electron chi connectivity index (χ1n) is 6.99. The topological polar surface area (TPSA) is 59.8 Å². The van der Waals surface area contributed by atoms with Crippen LogP contribution in [0.3, 0.4) is 0 Å². The Morgan fingerprint density at radius 2 is 1.95 bits per heavy atom. The summed E-state index contributed by atoms with van der Waals surface area (Å²) in [5, 5.41) is 11.3. The van der Waals surface area contributed by atoms with Gasteiger partial charge in [-0.05, 0) is 24.3 Å². The molecular weight excluding hydrogens is 252 g/mol. The summed E-state index contributed by atoms with van der Waals surface area (Å²) in [6, 6.07) is 9.88. The highest BCUT2D eigenvalue weighted by Gasteiger charge is 2.26. The van der Waals surface area contributed by atoms with E-state index in [1.807, 2.05) is 30.3 Å². The second kappa shape index (κ2) is 5.86. The van der Waals surface area contributed by atoms with Crippen molar-refractivity contribution in [1.29, 1.82) is 0 Å². The average molecular weight is 270 g/mol. The van der Waals surface area contributed by atoms with Crippen LogP contribution in [0.25, 0.3) is 0 Å². The quantitative estimate of drug-likeness (QED) is 0.872. The van der Waals surface area contributed by atoms with E-state index in [1.54, 1.807) is 17.2 Å². The molecule has 1 unspecified atom stereocenters. The van der Waals surface area contributed by atoms with E-state index in [-0.39, 0.29) is 11.9 Å². The van der Waals surface area contributed by atoms with Crippen LogP contribution in [0.1, 0.15) is 30.9 Å². The smallest absolute Gasteiger partial charge is 0.220 e. The molecule has 1 fully saturated rings. The summed E-state index contributed by atoms with van der Waals surface area (Å²) in [7, 11) is 0. The minimum Gasteiger partial charge on any atom is -0.347 e. The van der Waals surface area contributed by atoms with E-state index >= 15 is 0 Å². The SMILES string of the molecule is O=C(CC1CC1)NC(Cn1nccn1)c1ccccc1. The van der Waals surface area contributed by atoms with Crippen LogP contribution in [0.2, 0.25) is 0 Å². The van der Waals surface area contributed by atoms with Crippen LogP contribution < -0.4 is 5.32 Å².